The molecule has 1 rings (SSSR count). The van der Waals surface area contributed by atoms with Crippen molar-refractivity contribution < 1.29 is 14.3 Å². The van der Waals surface area contributed by atoms with Gasteiger partial charge in [-0.2, -0.15) is 0 Å². The second-order valence-electron chi connectivity index (χ2n) is 5.85. The van der Waals surface area contributed by atoms with E-state index in [2.05, 4.69) is 11.9 Å². The molecule has 1 fully saturated rings. The van der Waals surface area contributed by atoms with Gasteiger partial charge in [-0.3, -0.25) is 9.59 Å². The van der Waals surface area contributed by atoms with E-state index >= 15 is 0 Å². The first-order valence-electron chi connectivity index (χ1n) is 7.77. The molecule has 1 atom stereocenters. The standard InChI is InChI=1S/C16H28N2O3/c1-5-6-11-21-13(4)16(20)18-9-7-14(8-10-18)17-15(19)12(2)3/h5,12-14H,1,6-11H2,2-4H3,(H,17,19). The summed E-state index contributed by atoms with van der Waals surface area (Å²) in [5, 5.41) is 3.03. The second kappa shape index (κ2) is 8.82. The fourth-order valence-corrected chi connectivity index (χ4v) is 2.27. The monoisotopic (exact) mass is 296 g/mol. The highest BCUT2D eigenvalue weighted by Crippen LogP contribution is 2.13. The Bertz CT molecular complexity index is 361. The lowest BCUT2D eigenvalue weighted by atomic mass is 10.0. The van der Waals surface area contributed by atoms with Gasteiger partial charge in [0.2, 0.25) is 5.91 Å². The maximum Gasteiger partial charge on any atom is 0.251 e. The Morgan fingerprint density at radius 2 is 1.95 bits per heavy atom. The molecule has 1 heterocycles. The van der Waals surface area contributed by atoms with Crippen LogP contribution >= 0.6 is 0 Å². The summed E-state index contributed by atoms with van der Waals surface area (Å²) in [6.45, 7) is 11.1. The molecule has 2 amide bonds. The molecular formula is C16H28N2O3. The van der Waals surface area contributed by atoms with Crippen LogP contribution in [0.4, 0.5) is 0 Å². The highest BCUT2D eigenvalue weighted by molar-refractivity contribution is 5.81. The summed E-state index contributed by atoms with van der Waals surface area (Å²) in [6.07, 6.45) is 3.74. The van der Waals surface area contributed by atoms with Gasteiger partial charge in [0, 0.05) is 25.0 Å². The van der Waals surface area contributed by atoms with Gasteiger partial charge in [-0.15, -0.1) is 6.58 Å². The molecule has 0 aromatic rings. The van der Waals surface area contributed by atoms with Gasteiger partial charge in [0.1, 0.15) is 6.10 Å². The Balaban J connectivity index is 2.33. The van der Waals surface area contributed by atoms with E-state index in [9.17, 15) is 9.59 Å². The number of nitrogens with one attached hydrogen (secondary N) is 1. The maximum atomic E-state index is 12.2. The van der Waals surface area contributed by atoms with Gasteiger partial charge < -0.3 is 15.0 Å². The lowest BCUT2D eigenvalue weighted by Crippen LogP contribution is -2.49. The molecule has 1 aliphatic heterocycles. The number of piperidine rings is 1. The number of nitrogens with zero attached hydrogens (tertiary/aromatic N) is 1. The normalized spacial score (nSPS) is 17.6. The summed E-state index contributed by atoms with van der Waals surface area (Å²) in [7, 11) is 0. The van der Waals surface area contributed by atoms with E-state index in [0.717, 1.165) is 19.3 Å². The first-order valence-corrected chi connectivity index (χ1v) is 7.77. The quantitative estimate of drug-likeness (QED) is 0.575. The van der Waals surface area contributed by atoms with Gasteiger partial charge in [0.15, 0.2) is 0 Å². The van der Waals surface area contributed by atoms with Crippen LogP contribution in [0.5, 0.6) is 0 Å². The smallest absolute Gasteiger partial charge is 0.251 e. The molecular weight excluding hydrogens is 268 g/mol. The molecule has 0 bridgehead atoms. The van der Waals surface area contributed by atoms with Crippen molar-refractivity contribution in [1.29, 1.82) is 0 Å². The number of rotatable bonds is 7. The third-order valence-electron chi connectivity index (χ3n) is 3.71. The van der Waals surface area contributed by atoms with Crippen molar-refractivity contribution in [2.75, 3.05) is 19.7 Å². The van der Waals surface area contributed by atoms with Crippen molar-refractivity contribution in [2.24, 2.45) is 5.92 Å². The molecule has 5 nitrogen and oxygen atoms in total. The van der Waals surface area contributed by atoms with Crippen molar-refractivity contribution in [3.8, 4) is 0 Å². The van der Waals surface area contributed by atoms with E-state index in [4.69, 9.17) is 4.74 Å². The van der Waals surface area contributed by atoms with Gasteiger partial charge in [0.05, 0.1) is 6.61 Å². The zero-order chi connectivity index (χ0) is 15.8. The lowest BCUT2D eigenvalue weighted by molar-refractivity contribution is -0.143. The number of carbonyl (C=O) groups is 2. The van der Waals surface area contributed by atoms with Crippen LogP contribution in [0.1, 0.15) is 40.0 Å². The Kier molecular flexibility index (Phi) is 7.43. The molecule has 0 radical (unpaired) electrons. The summed E-state index contributed by atoms with van der Waals surface area (Å²) >= 11 is 0. The van der Waals surface area contributed by atoms with Crippen molar-refractivity contribution >= 4 is 11.8 Å². The van der Waals surface area contributed by atoms with Gasteiger partial charge in [-0.1, -0.05) is 19.9 Å². The Hall–Kier alpha value is -1.36. The molecule has 0 aliphatic carbocycles. The molecule has 120 valence electrons. The predicted molar refractivity (Wildman–Crippen MR) is 82.8 cm³/mol. The van der Waals surface area contributed by atoms with Crippen LogP contribution in [-0.2, 0) is 14.3 Å². The van der Waals surface area contributed by atoms with E-state index < -0.39 is 6.10 Å². The average molecular weight is 296 g/mol. The van der Waals surface area contributed by atoms with Crippen LogP contribution < -0.4 is 5.32 Å². The fourth-order valence-electron chi connectivity index (χ4n) is 2.27. The van der Waals surface area contributed by atoms with E-state index in [0.29, 0.717) is 19.7 Å². The first-order chi connectivity index (χ1) is 9.95. The largest absolute Gasteiger partial charge is 0.368 e. The molecule has 1 unspecified atom stereocenters. The number of ether oxygens (including phenoxy) is 1. The maximum absolute atomic E-state index is 12.2. The van der Waals surface area contributed by atoms with E-state index in [1.807, 2.05) is 18.7 Å². The van der Waals surface area contributed by atoms with Crippen molar-refractivity contribution in [1.82, 2.24) is 10.2 Å². The minimum atomic E-state index is -0.410. The van der Waals surface area contributed by atoms with Gasteiger partial charge >= 0.3 is 0 Å². The highest BCUT2D eigenvalue weighted by atomic mass is 16.5. The Morgan fingerprint density at radius 1 is 1.33 bits per heavy atom. The molecule has 0 aromatic heterocycles. The van der Waals surface area contributed by atoms with Gasteiger partial charge in [-0.05, 0) is 26.2 Å². The summed E-state index contributed by atoms with van der Waals surface area (Å²) in [4.78, 5) is 25.7. The minimum absolute atomic E-state index is 0.00273. The van der Waals surface area contributed by atoms with Crippen LogP contribution in [0.3, 0.4) is 0 Å². The minimum Gasteiger partial charge on any atom is -0.368 e. The number of carbonyl (C=O) groups excluding carboxylic acids is 2. The zero-order valence-electron chi connectivity index (χ0n) is 13.4. The molecule has 5 heteroatoms. The van der Waals surface area contributed by atoms with Crippen LogP contribution in [0.2, 0.25) is 0 Å². The van der Waals surface area contributed by atoms with Crippen molar-refractivity contribution in [3.63, 3.8) is 0 Å². The van der Waals surface area contributed by atoms with E-state index in [1.165, 1.54) is 0 Å². The second-order valence-corrected chi connectivity index (χ2v) is 5.85. The van der Waals surface area contributed by atoms with Crippen molar-refractivity contribution in [2.45, 2.75) is 52.2 Å². The zero-order valence-corrected chi connectivity index (χ0v) is 13.4. The van der Waals surface area contributed by atoms with Crippen LogP contribution in [0.15, 0.2) is 12.7 Å². The summed E-state index contributed by atoms with van der Waals surface area (Å²) < 4.78 is 5.49. The fraction of sp³-hybridized carbons (Fsp3) is 0.750. The SMILES string of the molecule is C=CCCOC(C)C(=O)N1CCC(NC(=O)C(C)C)CC1. The topological polar surface area (TPSA) is 58.6 Å². The molecule has 21 heavy (non-hydrogen) atoms. The third kappa shape index (κ3) is 5.87. The number of hydrogen-bond donors (Lipinski definition) is 1. The van der Waals surface area contributed by atoms with E-state index in [-0.39, 0.29) is 23.8 Å². The average Bonchev–Trinajstić information content (AvgIpc) is 2.47. The molecule has 0 spiro atoms. The summed E-state index contributed by atoms with van der Waals surface area (Å²) in [5.41, 5.74) is 0. The molecule has 1 aliphatic rings. The predicted octanol–water partition coefficient (Wildman–Crippen LogP) is 1.73. The van der Waals surface area contributed by atoms with Crippen LogP contribution in [-0.4, -0.2) is 48.6 Å². The number of likely N-dealkylation sites (tertiary alicyclic amines) is 1. The molecule has 1 saturated heterocycles. The summed E-state index contributed by atoms with van der Waals surface area (Å²) in [6, 6.07) is 0.181. The van der Waals surface area contributed by atoms with Crippen molar-refractivity contribution in [3.05, 3.63) is 12.7 Å². The third-order valence-corrected chi connectivity index (χ3v) is 3.71. The van der Waals surface area contributed by atoms with Gasteiger partial charge in [0.25, 0.3) is 5.91 Å². The molecule has 0 aromatic carbocycles. The van der Waals surface area contributed by atoms with Crippen LogP contribution in [0, 0.1) is 5.92 Å². The lowest BCUT2D eigenvalue weighted by Gasteiger charge is -2.34. The summed E-state index contributed by atoms with van der Waals surface area (Å²) in [5.74, 6) is 0.122. The highest BCUT2D eigenvalue weighted by Gasteiger charge is 2.27. The van der Waals surface area contributed by atoms with Crippen LogP contribution in [0.25, 0.3) is 0 Å². The molecule has 1 N–H and O–H groups in total. The number of hydrogen-bond acceptors (Lipinski definition) is 3. The Labute approximate surface area is 127 Å². The van der Waals surface area contributed by atoms with E-state index in [1.54, 1.807) is 13.0 Å². The number of amides is 2. The van der Waals surface area contributed by atoms with Gasteiger partial charge in [-0.25, -0.2) is 0 Å². The Morgan fingerprint density at radius 3 is 2.48 bits per heavy atom. The first kappa shape index (κ1) is 17.7. The molecule has 0 saturated carbocycles.